The molecule has 1 aliphatic heterocycles. The summed E-state index contributed by atoms with van der Waals surface area (Å²) in [5.41, 5.74) is 1.29. The van der Waals surface area contributed by atoms with Gasteiger partial charge in [0.1, 0.15) is 11.4 Å². The second-order valence-corrected chi connectivity index (χ2v) is 11.7. The van der Waals surface area contributed by atoms with Crippen LogP contribution in [0, 0.1) is 17.3 Å². The molecule has 0 aromatic heterocycles. The van der Waals surface area contributed by atoms with E-state index >= 15 is 0 Å². The summed E-state index contributed by atoms with van der Waals surface area (Å²) < 4.78 is 11.8. The van der Waals surface area contributed by atoms with Crippen LogP contribution in [0.25, 0.3) is 0 Å². The van der Waals surface area contributed by atoms with Gasteiger partial charge in [0.05, 0.1) is 6.10 Å². The molecule has 4 nitrogen and oxygen atoms in total. The topological polar surface area (TPSA) is 38.8 Å². The SMILES string of the molecule is CC(C)(C)OC(=O)N1CCCC(Cc2ccc(OC3CCC(C(C)(C)C)CC3)cc2)C1. The van der Waals surface area contributed by atoms with Gasteiger partial charge in [0, 0.05) is 13.1 Å². The highest BCUT2D eigenvalue weighted by Gasteiger charge is 2.30. The highest BCUT2D eigenvalue weighted by atomic mass is 16.6. The third kappa shape index (κ3) is 7.43. The number of nitrogens with zero attached hydrogens (tertiary/aromatic N) is 1. The van der Waals surface area contributed by atoms with Crippen LogP contribution in [0.1, 0.15) is 85.6 Å². The van der Waals surface area contributed by atoms with E-state index in [-0.39, 0.29) is 6.09 Å². The fourth-order valence-electron chi connectivity index (χ4n) is 5.00. The lowest BCUT2D eigenvalue weighted by molar-refractivity contribution is 0.0166. The molecule has 4 heteroatoms. The summed E-state index contributed by atoms with van der Waals surface area (Å²) in [6, 6.07) is 8.64. The lowest BCUT2D eigenvalue weighted by Gasteiger charge is -2.37. The minimum atomic E-state index is -0.439. The highest BCUT2D eigenvalue weighted by Crippen LogP contribution is 2.38. The molecule has 0 bridgehead atoms. The van der Waals surface area contributed by atoms with E-state index in [1.807, 2.05) is 25.7 Å². The van der Waals surface area contributed by atoms with Crippen LogP contribution in [0.4, 0.5) is 4.79 Å². The zero-order valence-electron chi connectivity index (χ0n) is 20.6. The van der Waals surface area contributed by atoms with Crippen LogP contribution in [-0.4, -0.2) is 35.8 Å². The summed E-state index contributed by atoms with van der Waals surface area (Å²) in [5, 5.41) is 0. The number of amides is 1. The Morgan fingerprint density at radius 3 is 2.19 bits per heavy atom. The lowest BCUT2D eigenvalue weighted by atomic mass is 9.72. The molecule has 1 amide bonds. The van der Waals surface area contributed by atoms with E-state index in [4.69, 9.17) is 9.47 Å². The Labute approximate surface area is 189 Å². The Morgan fingerprint density at radius 2 is 1.61 bits per heavy atom. The van der Waals surface area contributed by atoms with Gasteiger partial charge in [-0.1, -0.05) is 32.9 Å². The van der Waals surface area contributed by atoms with Crippen LogP contribution in [0.5, 0.6) is 5.75 Å². The summed E-state index contributed by atoms with van der Waals surface area (Å²) in [4.78, 5) is 14.3. The quantitative estimate of drug-likeness (QED) is 0.525. The van der Waals surface area contributed by atoms with E-state index < -0.39 is 5.60 Å². The molecule has 1 atom stereocenters. The summed E-state index contributed by atoms with van der Waals surface area (Å²) in [6.45, 7) is 14.4. The number of carbonyl (C=O) groups excluding carboxylic acids is 1. The summed E-state index contributed by atoms with van der Waals surface area (Å²) in [5.74, 6) is 2.29. The lowest BCUT2D eigenvalue weighted by Crippen LogP contribution is -2.43. The summed E-state index contributed by atoms with van der Waals surface area (Å²) in [7, 11) is 0. The summed E-state index contributed by atoms with van der Waals surface area (Å²) in [6.07, 6.45) is 8.22. The van der Waals surface area contributed by atoms with Crippen molar-refractivity contribution in [3.05, 3.63) is 29.8 Å². The van der Waals surface area contributed by atoms with Gasteiger partial charge in [-0.25, -0.2) is 4.79 Å². The van der Waals surface area contributed by atoms with E-state index in [9.17, 15) is 4.79 Å². The minimum absolute atomic E-state index is 0.179. The summed E-state index contributed by atoms with van der Waals surface area (Å²) >= 11 is 0. The van der Waals surface area contributed by atoms with Gasteiger partial charge in [0.15, 0.2) is 0 Å². The maximum atomic E-state index is 12.4. The zero-order chi connectivity index (χ0) is 22.6. The molecule has 1 aromatic carbocycles. The average Bonchev–Trinajstić information content (AvgIpc) is 2.68. The van der Waals surface area contributed by atoms with E-state index in [0.717, 1.165) is 56.9 Å². The number of carbonyl (C=O) groups is 1. The van der Waals surface area contributed by atoms with Crippen molar-refractivity contribution in [3.63, 3.8) is 0 Å². The molecule has 1 aromatic rings. The Bertz CT molecular complexity index is 705. The minimum Gasteiger partial charge on any atom is -0.490 e. The van der Waals surface area contributed by atoms with Crippen LogP contribution in [0.15, 0.2) is 24.3 Å². The van der Waals surface area contributed by atoms with Crippen molar-refractivity contribution in [1.82, 2.24) is 4.90 Å². The number of ether oxygens (including phenoxy) is 2. The molecule has 3 rings (SSSR count). The maximum absolute atomic E-state index is 12.4. The predicted molar refractivity (Wildman–Crippen MR) is 127 cm³/mol. The average molecular weight is 430 g/mol. The van der Waals surface area contributed by atoms with Crippen molar-refractivity contribution in [2.24, 2.45) is 17.3 Å². The Hall–Kier alpha value is -1.71. The standard InChI is InChI=1S/C27H43NO3/c1-26(2,3)22-11-15-24(16-12-22)30-23-13-9-20(10-14-23)18-21-8-7-17-28(19-21)25(29)31-27(4,5)6/h9-10,13-14,21-22,24H,7-8,11-12,15-19H2,1-6H3. The van der Waals surface area contributed by atoms with Crippen LogP contribution < -0.4 is 4.74 Å². The molecular formula is C27H43NO3. The Balaban J connectivity index is 1.47. The van der Waals surface area contributed by atoms with Crippen molar-refractivity contribution in [2.45, 2.75) is 98.2 Å². The van der Waals surface area contributed by atoms with Gasteiger partial charge in [-0.15, -0.1) is 0 Å². The van der Waals surface area contributed by atoms with Crippen molar-refractivity contribution in [1.29, 1.82) is 0 Å². The molecule has 2 aliphatic rings. The van der Waals surface area contributed by atoms with E-state index in [0.29, 0.717) is 17.4 Å². The molecule has 1 unspecified atom stereocenters. The fraction of sp³-hybridized carbons (Fsp3) is 0.741. The van der Waals surface area contributed by atoms with Gasteiger partial charge in [0.2, 0.25) is 0 Å². The largest absolute Gasteiger partial charge is 0.490 e. The van der Waals surface area contributed by atoms with Gasteiger partial charge in [0.25, 0.3) is 0 Å². The number of piperidine rings is 1. The number of rotatable bonds is 4. The highest BCUT2D eigenvalue weighted by molar-refractivity contribution is 5.68. The molecule has 2 fully saturated rings. The van der Waals surface area contributed by atoms with Gasteiger partial charge in [-0.05, 0) is 101 Å². The number of hydrogen-bond donors (Lipinski definition) is 0. The van der Waals surface area contributed by atoms with Crippen molar-refractivity contribution in [2.75, 3.05) is 13.1 Å². The molecule has 174 valence electrons. The van der Waals surface area contributed by atoms with Gasteiger partial charge in [-0.2, -0.15) is 0 Å². The van der Waals surface area contributed by atoms with Crippen LogP contribution in [-0.2, 0) is 11.2 Å². The zero-order valence-corrected chi connectivity index (χ0v) is 20.6. The van der Waals surface area contributed by atoms with Crippen LogP contribution >= 0.6 is 0 Å². The van der Waals surface area contributed by atoms with E-state index in [1.54, 1.807) is 0 Å². The molecule has 1 aliphatic carbocycles. The van der Waals surface area contributed by atoms with E-state index in [1.165, 1.54) is 18.4 Å². The third-order valence-corrected chi connectivity index (χ3v) is 6.82. The molecular weight excluding hydrogens is 386 g/mol. The number of hydrogen-bond acceptors (Lipinski definition) is 3. The first-order valence-electron chi connectivity index (χ1n) is 12.2. The van der Waals surface area contributed by atoms with Crippen molar-refractivity contribution < 1.29 is 14.3 Å². The predicted octanol–water partition coefficient (Wildman–Crippen LogP) is 6.86. The van der Waals surface area contributed by atoms with Gasteiger partial charge >= 0.3 is 6.09 Å². The second kappa shape index (κ2) is 9.83. The normalized spacial score (nSPS) is 25.2. The molecule has 0 radical (unpaired) electrons. The van der Waals surface area contributed by atoms with Gasteiger partial charge < -0.3 is 14.4 Å². The molecule has 1 saturated carbocycles. The third-order valence-electron chi connectivity index (χ3n) is 6.82. The molecule has 31 heavy (non-hydrogen) atoms. The Morgan fingerprint density at radius 1 is 0.968 bits per heavy atom. The molecule has 0 spiro atoms. The van der Waals surface area contributed by atoms with Crippen LogP contribution in [0.3, 0.4) is 0 Å². The fourth-order valence-corrected chi connectivity index (χ4v) is 5.00. The Kier molecular flexibility index (Phi) is 7.59. The number of benzene rings is 1. The van der Waals surface area contributed by atoms with Gasteiger partial charge in [-0.3, -0.25) is 0 Å². The smallest absolute Gasteiger partial charge is 0.410 e. The second-order valence-electron chi connectivity index (χ2n) is 11.7. The molecule has 1 saturated heterocycles. The molecule has 1 heterocycles. The first-order valence-corrected chi connectivity index (χ1v) is 12.2. The van der Waals surface area contributed by atoms with E-state index in [2.05, 4.69) is 45.0 Å². The first-order chi connectivity index (χ1) is 14.5. The van der Waals surface area contributed by atoms with Crippen molar-refractivity contribution >= 4 is 6.09 Å². The van der Waals surface area contributed by atoms with Crippen LogP contribution in [0.2, 0.25) is 0 Å². The maximum Gasteiger partial charge on any atom is 0.410 e. The first kappa shape index (κ1) is 23.9. The van der Waals surface area contributed by atoms with Crippen molar-refractivity contribution in [3.8, 4) is 5.75 Å². The monoisotopic (exact) mass is 429 g/mol. The number of likely N-dealkylation sites (tertiary alicyclic amines) is 1. The molecule has 0 N–H and O–H groups in total.